The fourth-order valence-electron chi connectivity index (χ4n) is 2.14. The number of amides is 1. The molecule has 0 heterocycles. The fourth-order valence-corrected chi connectivity index (χ4v) is 2.14. The van der Waals surface area contributed by atoms with Gasteiger partial charge in [0.25, 0.3) is 0 Å². The van der Waals surface area contributed by atoms with Crippen LogP contribution in [-0.4, -0.2) is 11.9 Å². The van der Waals surface area contributed by atoms with Gasteiger partial charge in [0, 0.05) is 24.7 Å². The molecule has 0 aliphatic carbocycles. The lowest BCUT2D eigenvalue weighted by Crippen LogP contribution is -2.21. The topological polar surface area (TPSA) is 41.1 Å². The third kappa shape index (κ3) is 8.51. The van der Waals surface area contributed by atoms with Crippen molar-refractivity contribution in [2.75, 3.05) is 5.32 Å². The molecular weight excluding hydrogens is 260 g/mol. The highest BCUT2D eigenvalue weighted by Crippen LogP contribution is 2.11. The van der Waals surface area contributed by atoms with Crippen LogP contribution in [0, 0.1) is 0 Å². The van der Waals surface area contributed by atoms with E-state index in [0.717, 1.165) is 25.1 Å². The Morgan fingerprint density at radius 3 is 2.33 bits per heavy atom. The highest BCUT2D eigenvalue weighted by atomic mass is 16.1. The Balaban J connectivity index is 2.26. The van der Waals surface area contributed by atoms with E-state index in [9.17, 15) is 4.79 Å². The van der Waals surface area contributed by atoms with Gasteiger partial charge in [-0.15, -0.1) is 0 Å². The molecule has 0 aliphatic heterocycles. The van der Waals surface area contributed by atoms with E-state index >= 15 is 0 Å². The lowest BCUT2D eigenvalue weighted by molar-refractivity contribution is -0.116. The third-order valence-electron chi connectivity index (χ3n) is 3.46. The molecule has 1 aromatic carbocycles. The van der Waals surface area contributed by atoms with Crippen LogP contribution >= 0.6 is 0 Å². The minimum atomic E-state index is 0.125. The molecule has 1 aromatic rings. The summed E-state index contributed by atoms with van der Waals surface area (Å²) in [6, 6.07) is 8.56. The molecule has 0 saturated carbocycles. The predicted molar refractivity (Wildman–Crippen MR) is 90.4 cm³/mol. The summed E-state index contributed by atoms with van der Waals surface area (Å²) >= 11 is 0. The zero-order valence-corrected chi connectivity index (χ0v) is 13.7. The van der Waals surface area contributed by atoms with E-state index in [1.807, 2.05) is 12.1 Å². The standard InChI is InChI=1S/C18H30N2O/c1-4-5-6-7-8-9-18(21)20-17-12-10-16(11-13-17)14-19-15(2)3/h10-13,15,19H,4-9,14H2,1-3H3,(H,20,21). The molecule has 0 atom stereocenters. The molecule has 0 aromatic heterocycles. The first kappa shape index (κ1) is 17.7. The van der Waals surface area contributed by atoms with Gasteiger partial charge >= 0.3 is 0 Å². The molecule has 0 fully saturated rings. The van der Waals surface area contributed by atoms with Crippen LogP contribution in [0.25, 0.3) is 0 Å². The summed E-state index contributed by atoms with van der Waals surface area (Å²) in [6.07, 6.45) is 6.52. The maximum atomic E-state index is 11.8. The molecule has 0 unspecified atom stereocenters. The third-order valence-corrected chi connectivity index (χ3v) is 3.46. The van der Waals surface area contributed by atoms with Gasteiger partial charge in [0.05, 0.1) is 0 Å². The molecule has 1 rings (SSSR count). The summed E-state index contributed by atoms with van der Waals surface area (Å²) in [4.78, 5) is 11.8. The number of benzene rings is 1. The van der Waals surface area contributed by atoms with Gasteiger partial charge in [-0.05, 0) is 24.1 Å². The van der Waals surface area contributed by atoms with E-state index < -0.39 is 0 Å². The molecular formula is C18H30N2O. The molecule has 0 spiro atoms. The van der Waals surface area contributed by atoms with Crippen molar-refractivity contribution < 1.29 is 4.79 Å². The molecule has 118 valence electrons. The Kier molecular flexibility index (Phi) is 8.76. The van der Waals surface area contributed by atoms with Gasteiger partial charge in [0.2, 0.25) is 5.91 Å². The Morgan fingerprint density at radius 2 is 1.71 bits per heavy atom. The first-order valence-corrected chi connectivity index (χ1v) is 8.24. The second-order valence-electron chi connectivity index (χ2n) is 5.94. The molecule has 0 aliphatic rings. The smallest absolute Gasteiger partial charge is 0.224 e. The van der Waals surface area contributed by atoms with Crippen LogP contribution in [0.4, 0.5) is 5.69 Å². The number of carbonyl (C=O) groups is 1. The zero-order chi connectivity index (χ0) is 15.5. The van der Waals surface area contributed by atoms with Gasteiger partial charge in [-0.3, -0.25) is 4.79 Å². The number of hydrogen-bond acceptors (Lipinski definition) is 2. The minimum Gasteiger partial charge on any atom is -0.326 e. The van der Waals surface area contributed by atoms with Crippen molar-refractivity contribution in [3.05, 3.63) is 29.8 Å². The molecule has 0 bridgehead atoms. The molecule has 1 amide bonds. The molecule has 21 heavy (non-hydrogen) atoms. The van der Waals surface area contributed by atoms with Crippen LogP contribution in [0.3, 0.4) is 0 Å². The highest BCUT2D eigenvalue weighted by molar-refractivity contribution is 5.90. The Morgan fingerprint density at radius 1 is 1.05 bits per heavy atom. The van der Waals surface area contributed by atoms with Gasteiger partial charge in [0.15, 0.2) is 0 Å². The van der Waals surface area contributed by atoms with E-state index in [-0.39, 0.29) is 5.91 Å². The average Bonchev–Trinajstić information content (AvgIpc) is 2.46. The number of unbranched alkanes of at least 4 members (excludes halogenated alkanes) is 4. The van der Waals surface area contributed by atoms with Gasteiger partial charge in [-0.1, -0.05) is 58.6 Å². The fraction of sp³-hybridized carbons (Fsp3) is 0.611. The van der Waals surface area contributed by atoms with Gasteiger partial charge in [-0.2, -0.15) is 0 Å². The summed E-state index contributed by atoms with van der Waals surface area (Å²) in [5, 5.41) is 6.34. The molecule has 0 saturated heterocycles. The lowest BCUT2D eigenvalue weighted by atomic mass is 10.1. The average molecular weight is 290 g/mol. The van der Waals surface area contributed by atoms with Crippen LogP contribution in [0.15, 0.2) is 24.3 Å². The summed E-state index contributed by atoms with van der Waals surface area (Å²) in [6.45, 7) is 7.33. The van der Waals surface area contributed by atoms with Crippen LogP contribution in [-0.2, 0) is 11.3 Å². The number of rotatable bonds is 10. The lowest BCUT2D eigenvalue weighted by Gasteiger charge is -2.09. The number of carbonyl (C=O) groups excluding carboxylic acids is 1. The van der Waals surface area contributed by atoms with Crippen LogP contribution in [0.1, 0.15) is 64.9 Å². The second kappa shape index (κ2) is 10.4. The monoisotopic (exact) mass is 290 g/mol. The number of hydrogen-bond donors (Lipinski definition) is 2. The minimum absolute atomic E-state index is 0.125. The SMILES string of the molecule is CCCCCCCC(=O)Nc1ccc(CNC(C)C)cc1. The van der Waals surface area contributed by atoms with Crippen LogP contribution in [0.2, 0.25) is 0 Å². The van der Waals surface area contributed by atoms with E-state index in [1.165, 1.54) is 24.8 Å². The zero-order valence-electron chi connectivity index (χ0n) is 13.7. The highest BCUT2D eigenvalue weighted by Gasteiger charge is 2.02. The largest absolute Gasteiger partial charge is 0.326 e. The van der Waals surface area contributed by atoms with Gasteiger partial charge < -0.3 is 10.6 Å². The van der Waals surface area contributed by atoms with Crippen molar-refractivity contribution in [3.8, 4) is 0 Å². The Labute approximate surface area is 129 Å². The van der Waals surface area contributed by atoms with Gasteiger partial charge in [0.1, 0.15) is 0 Å². The van der Waals surface area contributed by atoms with Crippen molar-refractivity contribution in [1.29, 1.82) is 0 Å². The van der Waals surface area contributed by atoms with Crippen LogP contribution in [0.5, 0.6) is 0 Å². The van der Waals surface area contributed by atoms with E-state index in [4.69, 9.17) is 0 Å². The summed E-state index contributed by atoms with van der Waals surface area (Å²) in [5.74, 6) is 0.125. The van der Waals surface area contributed by atoms with Crippen molar-refractivity contribution in [3.63, 3.8) is 0 Å². The predicted octanol–water partition coefficient (Wildman–Crippen LogP) is 4.48. The first-order chi connectivity index (χ1) is 10.1. The molecule has 0 radical (unpaired) electrons. The maximum Gasteiger partial charge on any atom is 0.224 e. The quantitative estimate of drug-likeness (QED) is 0.624. The van der Waals surface area contributed by atoms with Crippen molar-refractivity contribution in [1.82, 2.24) is 5.32 Å². The van der Waals surface area contributed by atoms with E-state index in [0.29, 0.717) is 12.5 Å². The Hall–Kier alpha value is -1.35. The molecule has 2 N–H and O–H groups in total. The first-order valence-electron chi connectivity index (χ1n) is 8.24. The second-order valence-corrected chi connectivity index (χ2v) is 5.94. The number of nitrogens with one attached hydrogen (secondary N) is 2. The van der Waals surface area contributed by atoms with Crippen molar-refractivity contribution in [2.24, 2.45) is 0 Å². The van der Waals surface area contributed by atoms with E-state index in [1.54, 1.807) is 0 Å². The summed E-state index contributed by atoms with van der Waals surface area (Å²) in [7, 11) is 0. The van der Waals surface area contributed by atoms with Crippen LogP contribution < -0.4 is 10.6 Å². The van der Waals surface area contributed by atoms with Crippen molar-refractivity contribution >= 4 is 11.6 Å². The molecule has 3 nitrogen and oxygen atoms in total. The summed E-state index contributed by atoms with van der Waals surface area (Å²) < 4.78 is 0. The maximum absolute atomic E-state index is 11.8. The Bertz CT molecular complexity index is 398. The van der Waals surface area contributed by atoms with Gasteiger partial charge in [-0.25, -0.2) is 0 Å². The van der Waals surface area contributed by atoms with E-state index in [2.05, 4.69) is 43.5 Å². The summed E-state index contributed by atoms with van der Waals surface area (Å²) in [5.41, 5.74) is 2.13. The normalized spacial score (nSPS) is 10.9. The number of anilines is 1. The van der Waals surface area contributed by atoms with Crippen molar-refractivity contribution in [2.45, 2.75) is 71.9 Å². The molecule has 3 heteroatoms.